The zero-order valence-corrected chi connectivity index (χ0v) is 7.50. The van der Waals surface area contributed by atoms with Crippen molar-refractivity contribution in [1.82, 2.24) is 0 Å². The first-order valence-electron chi connectivity index (χ1n) is 3.96. The van der Waals surface area contributed by atoms with E-state index in [0.29, 0.717) is 6.61 Å². The molecule has 1 unspecified atom stereocenters. The van der Waals surface area contributed by atoms with Gasteiger partial charge in [0.2, 0.25) is 0 Å². The molecular formula is C8H18O3. The zero-order chi connectivity index (χ0) is 8.91. The van der Waals surface area contributed by atoms with Gasteiger partial charge >= 0.3 is 0 Å². The van der Waals surface area contributed by atoms with Gasteiger partial charge in [0, 0.05) is 6.61 Å². The van der Waals surface area contributed by atoms with Gasteiger partial charge in [-0.15, -0.1) is 0 Å². The molecule has 0 saturated carbocycles. The molecular weight excluding hydrogens is 144 g/mol. The maximum absolute atomic E-state index is 9.26. The predicted molar refractivity (Wildman–Crippen MR) is 43.4 cm³/mol. The van der Waals surface area contributed by atoms with Crippen LogP contribution in [-0.4, -0.2) is 35.1 Å². The number of rotatable bonds is 5. The Balaban J connectivity index is 3.44. The highest BCUT2D eigenvalue weighted by Crippen LogP contribution is 2.08. The molecule has 0 aliphatic rings. The second-order valence-electron chi connectivity index (χ2n) is 3.24. The summed E-state index contributed by atoms with van der Waals surface area (Å²) in [6, 6.07) is 0. The van der Waals surface area contributed by atoms with Gasteiger partial charge in [-0.05, 0) is 20.3 Å². The highest BCUT2D eigenvalue weighted by atomic mass is 16.5. The van der Waals surface area contributed by atoms with Crippen molar-refractivity contribution in [3.05, 3.63) is 0 Å². The quantitative estimate of drug-likeness (QED) is 0.580. The van der Waals surface area contributed by atoms with Gasteiger partial charge in [-0.2, -0.15) is 0 Å². The normalized spacial score (nSPS) is 15.0. The lowest BCUT2D eigenvalue weighted by molar-refractivity contribution is -0.0855. The molecule has 0 spiro atoms. The van der Waals surface area contributed by atoms with Crippen LogP contribution in [0, 0.1) is 0 Å². The second-order valence-corrected chi connectivity index (χ2v) is 3.24. The standard InChI is InChI=1S/C8H18O3/c1-4-5-11-6-7(9)8(2,3)10/h7,9-10H,4-6H2,1-3H3. The lowest BCUT2D eigenvalue weighted by Gasteiger charge is -2.23. The number of ether oxygens (including phenoxy) is 1. The highest BCUT2D eigenvalue weighted by molar-refractivity contribution is 4.75. The molecule has 0 aliphatic heterocycles. The Hall–Kier alpha value is -0.120. The molecule has 0 aromatic heterocycles. The lowest BCUT2D eigenvalue weighted by Crippen LogP contribution is -2.39. The summed E-state index contributed by atoms with van der Waals surface area (Å²) in [4.78, 5) is 0. The van der Waals surface area contributed by atoms with E-state index in [0.717, 1.165) is 6.42 Å². The largest absolute Gasteiger partial charge is 0.388 e. The molecule has 0 rings (SSSR count). The summed E-state index contributed by atoms with van der Waals surface area (Å²) >= 11 is 0. The molecule has 3 nitrogen and oxygen atoms in total. The number of aliphatic hydroxyl groups is 2. The predicted octanol–water partition coefficient (Wildman–Crippen LogP) is 0.545. The maximum atomic E-state index is 9.26. The minimum Gasteiger partial charge on any atom is -0.388 e. The number of hydrogen-bond donors (Lipinski definition) is 2. The third-order valence-corrected chi connectivity index (χ3v) is 1.44. The summed E-state index contributed by atoms with van der Waals surface area (Å²) in [6.45, 7) is 5.96. The van der Waals surface area contributed by atoms with E-state index >= 15 is 0 Å². The molecule has 0 aromatic carbocycles. The average Bonchev–Trinajstić information content (AvgIpc) is 1.86. The molecule has 0 heterocycles. The minimum absolute atomic E-state index is 0.206. The summed E-state index contributed by atoms with van der Waals surface area (Å²) in [6.07, 6.45) is 0.132. The summed E-state index contributed by atoms with van der Waals surface area (Å²) < 4.78 is 5.06. The van der Waals surface area contributed by atoms with Crippen LogP contribution in [0.2, 0.25) is 0 Å². The fourth-order valence-electron chi connectivity index (χ4n) is 0.543. The van der Waals surface area contributed by atoms with Crippen molar-refractivity contribution in [3.63, 3.8) is 0 Å². The van der Waals surface area contributed by atoms with Crippen molar-refractivity contribution < 1.29 is 14.9 Å². The first-order chi connectivity index (χ1) is 4.98. The van der Waals surface area contributed by atoms with Gasteiger partial charge in [-0.3, -0.25) is 0 Å². The molecule has 11 heavy (non-hydrogen) atoms. The van der Waals surface area contributed by atoms with Crippen LogP contribution in [0.3, 0.4) is 0 Å². The van der Waals surface area contributed by atoms with Crippen molar-refractivity contribution in [2.75, 3.05) is 13.2 Å². The minimum atomic E-state index is -1.06. The topological polar surface area (TPSA) is 49.7 Å². The maximum Gasteiger partial charge on any atom is 0.105 e. The fraction of sp³-hybridized carbons (Fsp3) is 1.00. The van der Waals surface area contributed by atoms with E-state index < -0.39 is 11.7 Å². The van der Waals surface area contributed by atoms with Crippen LogP contribution in [-0.2, 0) is 4.74 Å². The Morgan fingerprint density at radius 3 is 2.36 bits per heavy atom. The molecule has 0 aliphatic carbocycles. The van der Waals surface area contributed by atoms with Crippen LogP contribution in [0.1, 0.15) is 27.2 Å². The van der Waals surface area contributed by atoms with Crippen molar-refractivity contribution in [1.29, 1.82) is 0 Å². The van der Waals surface area contributed by atoms with Crippen LogP contribution in [0.15, 0.2) is 0 Å². The van der Waals surface area contributed by atoms with Gasteiger partial charge in [0.25, 0.3) is 0 Å². The summed E-state index contributed by atoms with van der Waals surface area (Å²) in [5, 5.41) is 18.5. The Labute approximate surface area is 68.0 Å². The summed E-state index contributed by atoms with van der Waals surface area (Å²) in [7, 11) is 0. The Kier molecular flexibility index (Phi) is 4.65. The second kappa shape index (κ2) is 4.70. The summed E-state index contributed by atoms with van der Waals surface area (Å²) in [5.74, 6) is 0. The molecule has 0 aromatic rings. The van der Waals surface area contributed by atoms with E-state index in [2.05, 4.69) is 0 Å². The van der Waals surface area contributed by atoms with E-state index in [1.54, 1.807) is 13.8 Å². The van der Waals surface area contributed by atoms with Crippen molar-refractivity contribution in [2.24, 2.45) is 0 Å². The Morgan fingerprint density at radius 1 is 1.45 bits per heavy atom. The van der Waals surface area contributed by atoms with Crippen LogP contribution in [0.5, 0.6) is 0 Å². The molecule has 0 bridgehead atoms. The van der Waals surface area contributed by atoms with Gasteiger partial charge in [-0.1, -0.05) is 6.92 Å². The number of hydrogen-bond acceptors (Lipinski definition) is 3. The molecule has 1 atom stereocenters. The number of aliphatic hydroxyl groups excluding tert-OH is 1. The molecule has 2 N–H and O–H groups in total. The Morgan fingerprint density at radius 2 is 2.00 bits per heavy atom. The molecule has 0 radical (unpaired) electrons. The molecule has 0 fully saturated rings. The third kappa shape index (κ3) is 5.18. The van der Waals surface area contributed by atoms with E-state index in [1.807, 2.05) is 6.92 Å². The van der Waals surface area contributed by atoms with Crippen molar-refractivity contribution in [3.8, 4) is 0 Å². The first kappa shape index (κ1) is 10.9. The molecule has 0 amide bonds. The van der Waals surface area contributed by atoms with E-state index in [1.165, 1.54) is 0 Å². The van der Waals surface area contributed by atoms with Gasteiger partial charge in [-0.25, -0.2) is 0 Å². The Bertz CT molecular complexity index is 96.0. The smallest absolute Gasteiger partial charge is 0.105 e. The van der Waals surface area contributed by atoms with Crippen LogP contribution in [0.25, 0.3) is 0 Å². The van der Waals surface area contributed by atoms with Gasteiger partial charge in [0.15, 0.2) is 0 Å². The highest BCUT2D eigenvalue weighted by Gasteiger charge is 2.23. The van der Waals surface area contributed by atoms with E-state index in [-0.39, 0.29) is 6.61 Å². The van der Waals surface area contributed by atoms with E-state index in [4.69, 9.17) is 4.74 Å². The van der Waals surface area contributed by atoms with Crippen molar-refractivity contribution >= 4 is 0 Å². The fourth-order valence-corrected chi connectivity index (χ4v) is 0.543. The van der Waals surface area contributed by atoms with Crippen LogP contribution < -0.4 is 0 Å². The first-order valence-corrected chi connectivity index (χ1v) is 3.96. The average molecular weight is 162 g/mol. The monoisotopic (exact) mass is 162 g/mol. The van der Waals surface area contributed by atoms with Crippen LogP contribution >= 0.6 is 0 Å². The lowest BCUT2D eigenvalue weighted by atomic mass is 10.0. The molecule has 68 valence electrons. The SMILES string of the molecule is CCCOCC(O)C(C)(C)O. The van der Waals surface area contributed by atoms with Gasteiger partial charge < -0.3 is 14.9 Å². The van der Waals surface area contributed by atoms with Gasteiger partial charge in [0.1, 0.15) is 6.10 Å². The summed E-state index contributed by atoms with van der Waals surface area (Å²) in [5.41, 5.74) is -1.06. The molecule has 0 saturated heterocycles. The van der Waals surface area contributed by atoms with Gasteiger partial charge in [0.05, 0.1) is 12.2 Å². The zero-order valence-electron chi connectivity index (χ0n) is 7.50. The molecule has 3 heteroatoms. The van der Waals surface area contributed by atoms with Crippen molar-refractivity contribution in [2.45, 2.75) is 38.9 Å². The third-order valence-electron chi connectivity index (χ3n) is 1.44. The van der Waals surface area contributed by atoms with Crippen LogP contribution in [0.4, 0.5) is 0 Å². The van der Waals surface area contributed by atoms with E-state index in [9.17, 15) is 10.2 Å².